The van der Waals surface area contributed by atoms with Gasteiger partial charge in [-0.15, -0.1) is 0 Å². The zero-order valence-electron chi connectivity index (χ0n) is 11.5. The second-order valence-corrected chi connectivity index (χ2v) is 4.73. The van der Waals surface area contributed by atoms with E-state index in [1.54, 1.807) is 43.3 Å². The van der Waals surface area contributed by atoms with Crippen LogP contribution in [0.15, 0.2) is 48.5 Å². The lowest BCUT2D eigenvalue weighted by molar-refractivity contribution is -0.117. The summed E-state index contributed by atoms with van der Waals surface area (Å²) >= 11 is 0. The Balaban J connectivity index is 2.22. The van der Waals surface area contributed by atoms with Crippen molar-refractivity contribution in [3.8, 4) is 0 Å². The first-order valence-corrected chi connectivity index (χ1v) is 6.44. The molecule has 0 fully saturated rings. The second kappa shape index (κ2) is 6.19. The van der Waals surface area contributed by atoms with Gasteiger partial charge in [0.25, 0.3) is 0 Å². The lowest BCUT2D eigenvalue weighted by atomic mass is 10.1. The zero-order chi connectivity index (χ0) is 15.4. The first kappa shape index (κ1) is 14.7. The maximum Gasteiger partial charge on any atom is 0.337 e. The summed E-state index contributed by atoms with van der Waals surface area (Å²) in [5.41, 5.74) is 7.64. The normalized spacial score (nSPS) is 11.7. The van der Waals surface area contributed by atoms with E-state index < -0.39 is 17.9 Å². The fraction of sp³-hybridized carbons (Fsp3) is 0.125. The van der Waals surface area contributed by atoms with Crippen LogP contribution >= 0.6 is 0 Å². The van der Waals surface area contributed by atoms with Gasteiger partial charge < -0.3 is 16.2 Å². The number of aryl methyl sites for hydroxylation is 1. The Morgan fingerprint density at radius 1 is 1.14 bits per heavy atom. The number of nitrogens with one attached hydrogen (secondary N) is 1. The molecule has 0 saturated carbocycles. The van der Waals surface area contributed by atoms with Crippen molar-refractivity contribution in [1.29, 1.82) is 0 Å². The highest BCUT2D eigenvalue weighted by atomic mass is 16.4. The predicted octanol–water partition coefficient (Wildman–Crippen LogP) is 2.33. The molecule has 0 radical (unpaired) electrons. The number of hydrogen-bond donors (Lipinski definition) is 3. The minimum absolute atomic E-state index is 0.0450. The van der Waals surface area contributed by atoms with Crippen LogP contribution in [0.5, 0.6) is 0 Å². The Labute approximate surface area is 122 Å². The van der Waals surface area contributed by atoms with E-state index in [0.29, 0.717) is 5.56 Å². The van der Waals surface area contributed by atoms with Crippen LogP contribution in [0, 0.1) is 6.92 Å². The van der Waals surface area contributed by atoms with Crippen LogP contribution in [0.1, 0.15) is 27.5 Å². The largest absolute Gasteiger partial charge is 0.478 e. The van der Waals surface area contributed by atoms with Crippen molar-refractivity contribution >= 4 is 17.6 Å². The van der Waals surface area contributed by atoms with E-state index >= 15 is 0 Å². The summed E-state index contributed by atoms with van der Waals surface area (Å²) in [5.74, 6) is -1.55. The first-order valence-electron chi connectivity index (χ1n) is 6.44. The number of carboxylic acids is 1. The van der Waals surface area contributed by atoms with E-state index in [2.05, 4.69) is 5.32 Å². The highest BCUT2D eigenvalue weighted by Crippen LogP contribution is 2.19. The molecular weight excluding hydrogens is 268 g/mol. The molecule has 0 aromatic heterocycles. The zero-order valence-corrected chi connectivity index (χ0v) is 11.5. The first-order chi connectivity index (χ1) is 9.99. The molecule has 2 rings (SSSR count). The third-order valence-corrected chi connectivity index (χ3v) is 3.10. The van der Waals surface area contributed by atoms with Gasteiger partial charge in [0.2, 0.25) is 5.91 Å². The molecule has 4 N–H and O–H groups in total. The summed E-state index contributed by atoms with van der Waals surface area (Å²) in [7, 11) is 0. The van der Waals surface area contributed by atoms with Crippen LogP contribution in [0.3, 0.4) is 0 Å². The van der Waals surface area contributed by atoms with E-state index in [0.717, 1.165) is 5.56 Å². The summed E-state index contributed by atoms with van der Waals surface area (Å²) in [6.07, 6.45) is 0. The molecule has 5 heteroatoms. The molecule has 0 unspecified atom stereocenters. The molecule has 0 heterocycles. The minimum Gasteiger partial charge on any atom is -0.478 e. The van der Waals surface area contributed by atoms with Gasteiger partial charge in [-0.1, -0.05) is 42.0 Å². The van der Waals surface area contributed by atoms with Gasteiger partial charge in [0.15, 0.2) is 0 Å². The summed E-state index contributed by atoms with van der Waals surface area (Å²) in [5, 5.41) is 11.7. The lowest BCUT2D eigenvalue weighted by Crippen LogP contribution is -2.28. The molecule has 0 aliphatic carbocycles. The summed E-state index contributed by atoms with van der Waals surface area (Å²) < 4.78 is 0. The molecule has 0 aliphatic rings. The van der Waals surface area contributed by atoms with Crippen molar-refractivity contribution in [1.82, 2.24) is 0 Å². The van der Waals surface area contributed by atoms with Gasteiger partial charge in [0.05, 0.1) is 11.3 Å². The van der Waals surface area contributed by atoms with Gasteiger partial charge in [-0.25, -0.2) is 4.79 Å². The van der Waals surface area contributed by atoms with Crippen LogP contribution in [0.25, 0.3) is 0 Å². The van der Waals surface area contributed by atoms with Crippen LogP contribution in [-0.2, 0) is 4.79 Å². The van der Waals surface area contributed by atoms with E-state index in [1.165, 1.54) is 6.07 Å². The third kappa shape index (κ3) is 3.46. The number of carbonyl (C=O) groups is 2. The topological polar surface area (TPSA) is 92.4 Å². The Morgan fingerprint density at radius 2 is 1.81 bits per heavy atom. The molecule has 2 aromatic carbocycles. The predicted molar refractivity (Wildman–Crippen MR) is 80.1 cm³/mol. The van der Waals surface area contributed by atoms with Crippen LogP contribution in [0.2, 0.25) is 0 Å². The SMILES string of the molecule is Cc1ccc(NC(=O)[C@@H](N)c2ccccc2)c(C(=O)O)c1. The highest BCUT2D eigenvalue weighted by Gasteiger charge is 2.18. The van der Waals surface area contributed by atoms with Crippen LogP contribution < -0.4 is 11.1 Å². The van der Waals surface area contributed by atoms with Crippen molar-refractivity contribution in [2.24, 2.45) is 5.73 Å². The maximum atomic E-state index is 12.1. The molecule has 0 bridgehead atoms. The molecule has 0 aliphatic heterocycles. The van der Waals surface area contributed by atoms with Gasteiger partial charge in [-0.05, 0) is 24.6 Å². The van der Waals surface area contributed by atoms with Gasteiger partial charge in [-0.3, -0.25) is 4.79 Å². The fourth-order valence-corrected chi connectivity index (χ4v) is 1.97. The highest BCUT2D eigenvalue weighted by molar-refractivity contribution is 6.02. The molecule has 5 nitrogen and oxygen atoms in total. The molecule has 1 atom stereocenters. The third-order valence-electron chi connectivity index (χ3n) is 3.10. The number of amides is 1. The Bertz CT molecular complexity index is 668. The standard InChI is InChI=1S/C16H16N2O3/c1-10-7-8-13(12(9-10)16(20)21)18-15(19)14(17)11-5-3-2-4-6-11/h2-9,14H,17H2,1H3,(H,18,19)(H,20,21)/t14-/m0/s1. The number of hydrogen-bond acceptors (Lipinski definition) is 3. The molecule has 2 aromatic rings. The van der Waals surface area contributed by atoms with Crippen LogP contribution in [0.4, 0.5) is 5.69 Å². The summed E-state index contributed by atoms with van der Waals surface area (Å²) in [6.45, 7) is 1.79. The van der Waals surface area contributed by atoms with Crippen molar-refractivity contribution < 1.29 is 14.7 Å². The van der Waals surface area contributed by atoms with E-state index in [9.17, 15) is 14.7 Å². The number of nitrogens with two attached hydrogens (primary N) is 1. The van der Waals surface area contributed by atoms with Gasteiger partial charge in [0.1, 0.15) is 6.04 Å². The quantitative estimate of drug-likeness (QED) is 0.803. The monoisotopic (exact) mass is 284 g/mol. The maximum absolute atomic E-state index is 12.1. The smallest absolute Gasteiger partial charge is 0.337 e. The van der Waals surface area contributed by atoms with E-state index in [-0.39, 0.29) is 11.3 Å². The molecule has 0 saturated heterocycles. The van der Waals surface area contributed by atoms with Crippen molar-refractivity contribution in [2.75, 3.05) is 5.32 Å². The number of rotatable bonds is 4. The van der Waals surface area contributed by atoms with Gasteiger partial charge in [0, 0.05) is 0 Å². The molecule has 21 heavy (non-hydrogen) atoms. The number of carbonyl (C=O) groups excluding carboxylic acids is 1. The Hall–Kier alpha value is -2.66. The van der Waals surface area contributed by atoms with Crippen molar-refractivity contribution in [3.05, 3.63) is 65.2 Å². The molecular formula is C16H16N2O3. The van der Waals surface area contributed by atoms with Gasteiger partial charge >= 0.3 is 5.97 Å². The average molecular weight is 284 g/mol. The lowest BCUT2D eigenvalue weighted by Gasteiger charge is -2.14. The number of carboxylic acid groups (broad SMARTS) is 1. The summed E-state index contributed by atoms with van der Waals surface area (Å²) in [4.78, 5) is 23.4. The number of anilines is 1. The Kier molecular flexibility index (Phi) is 4.35. The fourth-order valence-electron chi connectivity index (χ4n) is 1.97. The van der Waals surface area contributed by atoms with Crippen molar-refractivity contribution in [2.45, 2.75) is 13.0 Å². The van der Waals surface area contributed by atoms with Crippen molar-refractivity contribution in [3.63, 3.8) is 0 Å². The van der Waals surface area contributed by atoms with Crippen LogP contribution in [-0.4, -0.2) is 17.0 Å². The van der Waals surface area contributed by atoms with E-state index in [1.807, 2.05) is 6.07 Å². The van der Waals surface area contributed by atoms with E-state index in [4.69, 9.17) is 5.73 Å². The van der Waals surface area contributed by atoms with Gasteiger partial charge in [-0.2, -0.15) is 0 Å². The minimum atomic E-state index is -1.10. The molecule has 0 spiro atoms. The number of benzene rings is 2. The average Bonchev–Trinajstić information content (AvgIpc) is 2.49. The second-order valence-electron chi connectivity index (χ2n) is 4.73. The molecule has 1 amide bonds. The summed E-state index contributed by atoms with van der Waals surface area (Å²) in [6, 6.07) is 12.9. The molecule has 108 valence electrons. The Morgan fingerprint density at radius 3 is 2.43 bits per heavy atom. The number of aromatic carboxylic acids is 1.